The van der Waals surface area contributed by atoms with Gasteiger partial charge in [0.1, 0.15) is 11.5 Å². The van der Waals surface area contributed by atoms with Gasteiger partial charge in [0.05, 0.1) is 25.3 Å². The number of fused-ring (bicyclic) bond motifs is 1. The third-order valence-corrected chi connectivity index (χ3v) is 5.83. The van der Waals surface area contributed by atoms with Gasteiger partial charge in [-0.1, -0.05) is 6.07 Å². The smallest absolute Gasteiger partial charge is 0.219 e. The van der Waals surface area contributed by atoms with Crippen LogP contribution in [0.4, 0.5) is 0 Å². The van der Waals surface area contributed by atoms with E-state index in [1.54, 1.807) is 28.1 Å². The van der Waals surface area contributed by atoms with Crippen LogP contribution in [0, 0.1) is 5.92 Å². The third kappa shape index (κ3) is 3.88. The molecular weight excluding hydrogens is 346 g/mol. The molecule has 0 bridgehead atoms. The maximum Gasteiger partial charge on any atom is 0.219 e. The van der Waals surface area contributed by atoms with Gasteiger partial charge in [-0.25, -0.2) is 0 Å². The van der Waals surface area contributed by atoms with E-state index >= 15 is 0 Å². The fourth-order valence-electron chi connectivity index (χ4n) is 4.50. The fourth-order valence-corrected chi connectivity index (χ4v) is 4.50. The summed E-state index contributed by atoms with van der Waals surface area (Å²) in [5.41, 5.74) is 0.703. The van der Waals surface area contributed by atoms with Crippen LogP contribution in [0.5, 0.6) is 11.5 Å². The number of hydrogen-bond donors (Lipinski definition) is 1. The molecule has 0 aliphatic carbocycles. The number of piperidine rings is 1. The minimum atomic E-state index is -0.321. The number of nitrogens with one attached hydrogen (secondary N) is 1. The summed E-state index contributed by atoms with van der Waals surface area (Å²) in [4.78, 5) is 27.9. The van der Waals surface area contributed by atoms with Crippen LogP contribution in [-0.4, -0.2) is 67.6 Å². The summed E-state index contributed by atoms with van der Waals surface area (Å²) < 4.78 is 11.0. The summed E-state index contributed by atoms with van der Waals surface area (Å²) in [7, 11) is 3.33. The number of amides is 2. The maximum atomic E-state index is 11.9. The van der Waals surface area contributed by atoms with E-state index in [1.165, 1.54) is 0 Å². The Bertz CT molecular complexity index is 701. The first kappa shape index (κ1) is 19.5. The number of hydrogen-bond acceptors (Lipinski definition) is 5. The molecule has 7 heteroatoms. The molecule has 2 amide bonds. The van der Waals surface area contributed by atoms with Gasteiger partial charge < -0.3 is 19.7 Å². The zero-order valence-corrected chi connectivity index (χ0v) is 16.6. The van der Waals surface area contributed by atoms with E-state index in [2.05, 4.69) is 10.2 Å². The Kier molecular flexibility index (Phi) is 5.60. The molecule has 0 unspecified atom stereocenters. The summed E-state index contributed by atoms with van der Waals surface area (Å²) in [6, 6.07) is 5.80. The number of benzene rings is 1. The molecule has 1 aromatic carbocycles. The lowest BCUT2D eigenvalue weighted by atomic mass is 9.80. The van der Waals surface area contributed by atoms with Crippen LogP contribution in [0.1, 0.15) is 25.8 Å². The van der Waals surface area contributed by atoms with Gasteiger partial charge in [-0.05, 0) is 18.6 Å². The monoisotopic (exact) mass is 375 g/mol. The topological polar surface area (TPSA) is 71.1 Å². The van der Waals surface area contributed by atoms with E-state index in [-0.39, 0.29) is 23.3 Å². The van der Waals surface area contributed by atoms with Crippen molar-refractivity contribution in [3.63, 3.8) is 0 Å². The molecule has 1 N–H and O–H groups in total. The fraction of sp³-hybridized carbons (Fsp3) is 0.600. The first-order valence-corrected chi connectivity index (χ1v) is 9.35. The van der Waals surface area contributed by atoms with Crippen LogP contribution in [0.2, 0.25) is 0 Å². The van der Waals surface area contributed by atoms with Crippen LogP contribution < -0.4 is 14.8 Å². The zero-order chi connectivity index (χ0) is 19.6. The van der Waals surface area contributed by atoms with Crippen LogP contribution in [-0.2, 0) is 16.1 Å². The van der Waals surface area contributed by atoms with Gasteiger partial charge in [-0.2, -0.15) is 0 Å². The van der Waals surface area contributed by atoms with Gasteiger partial charge in [-0.3, -0.25) is 14.5 Å². The average molecular weight is 375 g/mol. The lowest BCUT2D eigenvalue weighted by Crippen LogP contribution is -2.60. The molecule has 2 heterocycles. The van der Waals surface area contributed by atoms with Crippen molar-refractivity contribution < 1.29 is 19.1 Å². The van der Waals surface area contributed by atoms with E-state index in [0.717, 1.165) is 36.6 Å². The minimum absolute atomic E-state index is 0.0368. The minimum Gasteiger partial charge on any atom is -0.496 e. The second kappa shape index (κ2) is 7.76. The number of carbonyl (C=O) groups excluding carboxylic acids is 2. The van der Waals surface area contributed by atoms with Gasteiger partial charge in [0.15, 0.2) is 0 Å². The second-order valence-corrected chi connectivity index (χ2v) is 7.56. The Morgan fingerprint density at radius 1 is 1.19 bits per heavy atom. The summed E-state index contributed by atoms with van der Waals surface area (Å²) in [5, 5.41) is 3.16. The van der Waals surface area contributed by atoms with E-state index in [0.29, 0.717) is 19.6 Å². The highest BCUT2D eigenvalue weighted by molar-refractivity contribution is 5.76. The SMILES string of the molecule is COc1cccc(OC)c1CN1CC[C@@]2(NC(C)=O)CN(C(C)=O)C[C@H]2C1. The molecule has 2 saturated heterocycles. The van der Waals surface area contributed by atoms with Crippen LogP contribution in [0.3, 0.4) is 0 Å². The molecule has 0 saturated carbocycles. The van der Waals surface area contributed by atoms with Gasteiger partial charge in [-0.15, -0.1) is 0 Å². The van der Waals surface area contributed by atoms with Gasteiger partial charge in [0.25, 0.3) is 0 Å². The van der Waals surface area contributed by atoms with E-state index in [1.807, 2.05) is 23.1 Å². The van der Waals surface area contributed by atoms with Crippen molar-refractivity contribution in [2.45, 2.75) is 32.4 Å². The average Bonchev–Trinajstić information content (AvgIpc) is 3.00. The number of carbonyl (C=O) groups is 2. The molecule has 0 aromatic heterocycles. The molecule has 7 nitrogen and oxygen atoms in total. The Hall–Kier alpha value is -2.28. The molecule has 2 aliphatic rings. The quantitative estimate of drug-likeness (QED) is 0.839. The number of rotatable bonds is 5. The second-order valence-electron chi connectivity index (χ2n) is 7.56. The zero-order valence-electron chi connectivity index (χ0n) is 16.6. The van der Waals surface area contributed by atoms with Gasteiger partial charge in [0, 0.05) is 52.5 Å². The Morgan fingerprint density at radius 2 is 1.85 bits per heavy atom. The van der Waals surface area contributed by atoms with Crippen molar-refractivity contribution in [2.24, 2.45) is 5.92 Å². The predicted octanol–water partition coefficient (Wildman–Crippen LogP) is 1.26. The summed E-state index contributed by atoms with van der Waals surface area (Å²) in [6.45, 7) is 6.77. The molecule has 1 aromatic rings. The van der Waals surface area contributed by atoms with E-state index in [9.17, 15) is 9.59 Å². The normalized spacial score (nSPS) is 25.0. The summed E-state index contributed by atoms with van der Waals surface area (Å²) in [6.07, 6.45) is 0.818. The van der Waals surface area contributed by atoms with Crippen LogP contribution >= 0.6 is 0 Å². The van der Waals surface area contributed by atoms with E-state index in [4.69, 9.17) is 9.47 Å². The molecule has 2 aliphatic heterocycles. The van der Waals surface area contributed by atoms with Crippen molar-refractivity contribution in [2.75, 3.05) is 40.4 Å². The number of nitrogens with zero attached hydrogens (tertiary/aromatic N) is 2. The molecule has 2 fully saturated rings. The maximum absolute atomic E-state index is 11.9. The summed E-state index contributed by atoms with van der Waals surface area (Å²) >= 11 is 0. The highest BCUT2D eigenvalue weighted by Crippen LogP contribution is 2.37. The van der Waals surface area contributed by atoms with Crippen molar-refractivity contribution >= 4 is 11.8 Å². The van der Waals surface area contributed by atoms with Crippen LogP contribution in [0.25, 0.3) is 0 Å². The van der Waals surface area contributed by atoms with E-state index < -0.39 is 0 Å². The number of likely N-dealkylation sites (tertiary alicyclic amines) is 2. The lowest BCUT2D eigenvalue weighted by molar-refractivity contribution is -0.128. The Balaban J connectivity index is 1.79. The van der Waals surface area contributed by atoms with Gasteiger partial charge >= 0.3 is 0 Å². The third-order valence-electron chi connectivity index (χ3n) is 5.83. The van der Waals surface area contributed by atoms with Crippen LogP contribution in [0.15, 0.2) is 18.2 Å². The first-order valence-electron chi connectivity index (χ1n) is 9.35. The molecule has 148 valence electrons. The van der Waals surface area contributed by atoms with Crippen molar-refractivity contribution in [1.29, 1.82) is 0 Å². The largest absolute Gasteiger partial charge is 0.496 e. The lowest BCUT2D eigenvalue weighted by Gasteiger charge is -2.43. The number of ether oxygens (including phenoxy) is 2. The standard InChI is InChI=1S/C20H29N3O4/c1-14(24)21-20-8-9-22(10-16(20)11-23(13-20)15(2)25)12-17-18(26-3)6-5-7-19(17)27-4/h5-7,16H,8-13H2,1-4H3,(H,21,24)/t16-,20-/m1/s1. The summed E-state index contributed by atoms with van der Waals surface area (Å²) in [5.74, 6) is 1.85. The highest BCUT2D eigenvalue weighted by Gasteiger charge is 2.50. The molecule has 0 radical (unpaired) electrons. The van der Waals surface area contributed by atoms with Gasteiger partial charge in [0.2, 0.25) is 11.8 Å². The Labute approximate surface area is 160 Å². The Morgan fingerprint density at radius 3 is 2.41 bits per heavy atom. The number of methoxy groups -OCH3 is 2. The molecule has 3 rings (SSSR count). The van der Waals surface area contributed by atoms with Crippen molar-refractivity contribution in [1.82, 2.24) is 15.1 Å². The highest BCUT2D eigenvalue weighted by atomic mass is 16.5. The molecule has 2 atom stereocenters. The predicted molar refractivity (Wildman–Crippen MR) is 102 cm³/mol. The first-order chi connectivity index (χ1) is 12.9. The molecule has 27 heavy (non-hydrogen) atoms. The molecule has 0 spiro atoms. The van der Waals surface area contributed by atoms with Crippen molar-refractivity contribution in [3.05, 3.63) is 23.8 Å². The molecular formula is C20H29N3O4. The van der Waals surface area contributed by atoms with Crippen molar-refractivity contribution in [3.8, 4) is 11.5 Å².